The number of allylic oxidation sites excluding steroid dienone is 1. The number of aryl methyl sites for hydroxylation is 2. The second-order valence-corrected chi connectivity index (χ2v) is 9.47. The van der Waals surface area contributed by atoms with Gasteiger partial charge in [0.25, 0.3) is 0 Å². The van der Waals surface area contributed by atoms with E-state index in [1.54, 1.807) is 0 Å². The first kappa shape index (κ1) is 20.8. The number of aromatic nitrogens is 2. The van der Waals surface area contributed by atoms with Gasteiger partial charge in [0.1, 0.15) is 11.2 Å². The normalized spacial score (nSPS) is 13.3. The van der Waals surface area contributed by atoms with Crippen molar-refractivity contribution in [3.05, 3.63) is 127 Å². The number of rotatable bonds is 0. The van der Waals surface area contributed by atoms with Crippen LogP contribution < -0.4 is 9.13 Å². The minimum absolute atomic E-state index is 0.663. The Morgan fingerprint density at radius 2 is 1.39 bits per heavy atom. The van der Waals surface area contributed by atoms with Crippen LogP contribution in [-0.2, 0) is 19.4 Å². The predicted molar refractivity (Wildman–Crippen MR) is 144 cm³/mol. The van der Waals surface area contributed by atoms with Crippen molar-refractivity contribution in [2.75, 3.05) is 0 Å². The van der Waals surface area contributed by atoms with Gasteiger partial charge in [0.05, 0.1) is 5.56 Å². The maximum absolute atomic E-state index is 6.54. The van der Waals surface area contributed by atoms with Crippen molar-refractivity contribution in [1.82, 2.24) is 0 Å². The molecule has 0 radical (unpaired) electrons. The topological polar surface area (TPSA) is 20.9 Å². The Morgan fingerprint density at radius 1 is 0.639 bits per heavy atom. The lowest BCUT2D eigenvalue weighted by Crippen LogP contribution is -2.45. The Bertz CT molecular complexity index is 1790. The fourth-order valence-electron chi connectivity index (χ4n) is 5.63. The van der Waals surface area contributed by atoms with Gasteiger partial charge in [-0.1, -0.05) is 48.5 Å². The van der Waals surface area contributed by atoms with E-state index in [1.807, 2.05) is 6.07 Å². The SMILES string of the molecule is C=C1C[n+]2ccccc2-c2c(ccc3c2oc2ccccc23)CCc2ccccc2-c2cccc[n+]21. The van der Waals surface area contributed by atoms with Gasteiger partial charge in [-0.15, -0.1) is 0 Å². The number of benzene rings is 3. The van der Waals surface area contributed by atoms with Crippen molar-refractivity contribution in [2.24, 2.45) is 0 Å². The van der Waals surface area contributed by atoms with Gasteiger partial charge >= 0.3 is 0 Å². The quantitative estimate of drug-likeness (QED) is 0.227. The van der Waals surface area contributed by atoms with Crippen molar-refractivity contribution >= 4 is 27.6 Å². The predicted octanol–water partition coefficient (Wildman–Crippen LogP) is 6.76. The number of pyridine rings is 2. The van der Waals surface area contributed by atoms with Crippen molar-refractivity contribution < 1.29 is 13.6 Å². The van der Waals surface area contributed by atoms with Crippen LogP contribution >= 0.6 is 0 Å². The summed E-state index contributed by atoms with van der Waals surface area (Å²) in [6.07, 6.45) is 6.12. The molecule has 4 heterocycles. The molecule has 7 rings (SSSR count). The molecule has 6 aromatic rings. The summed E-state index contributed by atoms with van der Waals surface area (Å²) < 4.78 is 11.1. The number of nitrogens with zero attached hydrogens (tertiary/aromatic N) is 2. The number of furan rings is 1. The van der Waals surface area contributed by atoms with Crippen LogP contribution in [-0.4, -0.2) is 0 Å². The van der Waals surface area contributed by atoms with Crippen molar-refractivity contribution in [3.8, 4) is 22.5 Å². The highest BCUT2D eigenvalue weighted by Crippen LogP contribution is 2.38. The Morgan fingerprint density at radius 3 is 2.33 bits per heavy atom. The van der Waals surface area contributed by atoms with Gasteiger partial charge in [0, 0.05) is 40.6 Å². The van der Waals surface area contributed by atoms with E-state index in [4.69, 9.17) is 4.42 Å². The lowest BCUT2D eigenvalue weighted by molar-refractivity contribution is -0.698. The summed E-state index contributed by atoms with van der Waals surface area (Å²) in [5.41, 5.74) is 10.3. The van der Waals surface area contributed by atoms with Crippen molar-refractivity contribution in [2.45, 2.75) is 19.4 Å². The summed E-state index contributed by atoms with van der Waals surface area (Å²) in [7, 11) is 0. The molecule has 1 aliphatic heterocycles. The van der Waals surface area contributed by atoms with Crippen LogP contribution in [0.3, 0.4) is 0 Å². The molecule has 3 aromatic heterocycles. The molecule has 0 N–H and O–H groups in total. The Labute approximate surface area is 210 Å². The lowest BCUT2D eigenvalue weighted by Gasteiger charge is -2.14. The fraction of sp³-hybridized carbons (Fsp3) is 0.0909. The summed E-state index contributed by atoms with van der Waals surface area (Å²) >= 11 is 0. The third-order valence-electron chi connectivity index (χ3n) is 7.34. The maximum Gasteiger partial charge on any atom is 0.246 e. The fourth-order valence-corrected chi connectivity index (χ4v) is 5.63. The van der Waals surface area contributed by atoms with E-state index in [0.29, 0.717) is 6.54 Å². The lowest BCUT2D eigenvalue weighted by atomic mass is 9.92. The molecule has 0 unspecified atom stereocenters. The first-order valence-corrected chi connectivity index (χ1v) is 12.5. The van der Waals surface area contributed by atoms with E-state index in [-0.39, 0.29) is 0 Å². The Kier molecular flexibility index (Phi) is 4.81. The van der Waals surface area contributed by atoms with Gasteiger partial charge in [-0.3, -0.25) is 0 Å². The molecule has 0 fully saturated rings. The number of hydrogen-bond acceptors (Lipinski definition) is 1. The second kappa shape index (κ2) is 8.31. The molecule has 1 aliphatic rings. The van der Waals surface area contributed by atoms with Gasteiger partial charge in [0.15, 0.2) is 12.4 Å². The standard InChI is InChI=1S/C33H26N2O/c1-23-22-34-20-8-6-14-30(34)32-25(18-19-28-27-12-4-5-15-31(27)36-33(28)32)17-16-24-10-2-3-11-26(24)29-13-7-9-21-35(23)29/h2-15,18-21H,1,16-17,22H2/q+2. The van der Waals surface area contributed by atoms with Crippen LogP contribution in [0, 0.1) is 0 Å². The zero-order chi connectivity index (χ0) is 24.1. The monoisotopic (exact) mass is 466 g/mol. The van der Waals surface area contributed by atoms with E-state index in [1.165, 1.54) is 27.9 Å². The van der Waals surface area contributed by atoms with Gasteiger partial charge < -0.3 is 4.42 Å². The van der Waals surface area contributed by atoms with Crippen LogP contribution in [0.25, 0.3) is 50.2 Å². The minimum atomic E-state index is 0.663. The van der Waals surface area contributed by atoms with Gasteiger partial charge in [0.2, 0.25) is 23.6 Å². The molecular formula is C33H26N2O+2. The van der Waals surface area contributed by atoms with E-state index in [0.717, 1.165) is 46.2 Å². The van der Waals surface area contributed by atoms with Crippen LogP contribution in [0.5, 0.6) is 0 Å². The summed E-state index contributed by atoms with van der Waals surface area (Å²) in [6, 6.07) is 34.4. The number of hydrogen-bond donors (Lipinski definition) is 0. The zero-order valence-corrected chi connectivity index (χ0v) is 20.0. The molecule has 172 valence electrons. The van der Waals surface area contributed by atoms with Crippen LogP contribution in [0.1, 0.15) is 11.1 Å². The molecule has 0 spiro atoms. The van der Waals surface area contributed by atoms with Gasteiger partial charge in [-0.05, 0) is 54.8 Å². The molecular weight excluding hydrogens is 440 g/mol. The second-order valence-electron chi connectivity index (χ2n) is 9.47. The summed E-state index contributed by atoms with van der Waals surface area (Å²) in [6.45, 7) is 5.19. The first-order chi connectivity index (χ1) is 17.8. The molecule has 0 saturated carbocycles. The Balaban J connectivity index is 1.53. The third kappa shape index (κ3) is 3.28. The van der Waals surface area contributed by atoms with Crippen LogP contribution in [0.2, 0.25) is 0 Å². The van der Waals surface area contributed by atoms with E-state index in [9.17, 15) is 0 Å². The largest absolute Gasteiger partial charge is 0.455 e. The zero-order valence-electron chi connectivity index (χ0n) is 20.0. The smallest absolute Gasteiger partial charge is 0.246 e. The Hall–Kier alpha value is -4.50. The van der Waals surface area contributed by atoms with Gasteiger partial charge in [-0.2, -0.15) is 9.13 Å². The van der Waals surface area contributed by atoms with Gasteiger partial charge in [-0.25, -0.2) is 0 Å². The highest BCUT2D eigenvalue weighted by atomic mass is 16.3. The molecule has 0 aliphatic carbocycles. The van der Waals surface area contributed by atoms with E-state index >= 15 is 0 Å². The molecule has 3 heteroatoms. The summed E-state index contributed by atoms with van der Waals surface area (Å²) in [5.74, 6) is 0. The van der Waals surface area contributed by atoms with Crippen LogP contribution in [0.15, 0.2) is 120 Å². The van der Waals surface area contributed by atoms with E-state index in [2.05, 4.69) is 119 Å². The van der Waals surface area contributed by atoms with E-state index < -0.39 is 0 Å². The molecule has 0 atom stereocenters. The average molecular weight is 467 g/mol. The third-order valence-corrected chi connectivity index (χ3v) is 7.34. The van der Waals surface area contributed by atoms with Crippen LogP contribution in [0.4, 0.5) is 0 Å². The molecule has 36 heavy (non-hydrogen) atoms. The molecule has 0 bridgehead atoms. The average Bonchev–Trinajstić information content (AvgIpc) is 3.30. The maximum atomic E-state index is 6.54. The van der Waals surface area contributed by atoms with Crippen molar-refractivity contribution in [1.29, 1.82) is 0 Å². The molecule has 0 amide bonds. The molecule has 0 saturated heterocycles. The van der Waals surface area contributed by atoms with Crippen molar-refractivity contribution in [3.63, 3.8) is 0 Å². The number of fused-ring (bicyclic) bond motifs is 10. The number of para-hydroxylation sites is 1. The minimum Gasteiger partial charge on any atom is -0.455 e. The highest BCUT2D eigenvalue weighted by Gasteiger charge is 2.27. The highest BCUT2D eigenvalue weighted by molar-refractivity contribution is 6.09. The first-order valence-electron chi connectivity index (χ1n) is 12.5. The molecule has 3 nitrogen and oxygen atoms in total. The molecule has 3 aromatic carbocycles. The summed E-state index contributed by atoms with van der Waals surface area (Å²) in [5, 5.41) is 2.31. The summed E-state index contributed by atoms with van der Waals surface area (Å²) in [4.78, 5) is 0.